The van der Waals surface area contributed by atoms with Gasteiger partial charge in [0, 0.05) is 19.2 Å². The smallest absolute Gasteiger partial charge is 0.264 e. The molecule has 0 aromatic heterocycles. The first-order valence-corrected chi connectivity index (χ1v) is 9.71. The summed E-state index contributed by atoms with van der Waals surface area (Å²) in [5.74, 6) is 0.687. The molecule has 0 spiro atoms. The molecule has 2 rings (SSSR count). The minimum absolute atomic E-state index is 0.149. The highest BCUT2D eigenvalue weighted by Gasteiger charge is 2.22. The Balaban J connectivity index is 2.26. The van der Waals surface area contributed by atoms with Crippen LogP contribution in [-0.4, -0.2) is 35.0 Å². The van der Waals surface area contributed by atoms with Crippen molar-refractivity contribution in [2.24, 2.45) is 5.92 Å². The van der Waals surface area contributed by atoms with Crippen molar-refractivity contribution in [3.63, 3.8) is 0 Å². The van der Waals surface area contributed by atoms with Crippen molar-refractivity contribution in [2.75, 3.05) is 25.0 Å². The fourth-order valence-corrected chi connectivity index (χ4v) is 3.47. The number of carbonyl (C=O) groups is 1. The largest absolute Gasteiger partial charge is 0.497 e. The third kappa shape index (κ3) is 4.54. The number of methoxy groups -OCH3 is 1. The van der Waals surface area contributed by atoms with Crippen molar-refractivity contribution in [3.8, 4) is 5.75 Å². The second kappa shape index (κ2) is 8.23. The van der Waals surface area contributed by atoms with Gasteiger partial charge >= 0.3 is 0 Å². The number of nitrogens with zero attached hydrogens (tertiary/aromatic N) is 1. The highest BCUT2D eigenvalue weighted by atomic mass is 32.2. The fraction of sp³-hybridized carbons (Fsp3) is 0.316. The van der Waals surface area contributed by atoms with Gasteiger partial charge in [0.15, 0.2) is 0 Å². The van der Waals surface area contributed by atoms with Gasteiger partial charge < -0.3 is 10.1 Å². The van der Waals surface area contributed by atoms with Crippen molar-refractivity contribution in [2.45, 2.75) is 18.7 Å². The molecule has 1 N–H and O–H groups in total. The average Bonchev–Trinajstić information content (AvgIpc) is 2.65. The highest BCUT2D eigenvalue weighted by Crippen LogP contribution is 2.24. The minimum Gasteiger partial charge on any atom is -0.497 e. The molecule has 2 aromatic rings. The molecule has 0 radical (unpaired) electrons. The number of amides is 1. The summed E-state index contributed by atoms with van der Waals surface area (Å²) in [7, 11) is -0.757. The van der Waals surface area contributed by atoms with E-state index >= 15 is 0 Å². The zero-order chi connectivity index (χ0) is 19.3. The van der Waals surface area contributed by atoms with Gasteiger partial charge in [0.2, 0.25) is 0 Å². The number of rotatable bonds is 7. The van der Waals surface area contributed by atoms with Gasteiger partial charge in [-0.15, -0.1) is 0 Å². The van der Waals surface area contributed by atoms with Crippen LogP contribution in [0, 0.1) is 5.92 Å². The normalized spacial score (nSPS) is 11.3. The van der Waals surface area contributed by atoms with Crippen molar-refractivity contribution >= 4 is 21.6 Å². The van der Waals surface area contributed by atoms with E-state index < -0.39 is 10.0 Å². The Morgan fingerprint density at radius 1 is 1.15 bits per heavy atom. The molecule has 0 bridgehead atoms. The number of sulfonamides is 1. The quantitative estimate of drug-likeness (QED) is 0.806. The van der Waals surface area contributed by atoms with E-state index in [1.807, 2.05) is 13.8 Å². The van der Waals surface area contributed by atoms with Crippen LogP contribution in [0.5, 0.6) is 5.75 Å². The van der Waals surface area contributed by atoms with Gasteiger partial charge in [-0.2, -0.15) is 0 Å². The van der Waals surface area contributed by atoms with Crippen LogP contribution in [0.1, 0.15) is 24.2 Å². The van der Waals surface area contributed by atoms with E-state index in [4.69, 9.17) is 4.74 Å². The van der Waals surface area contributed by atoms with Crippen LogP contribution in [0.25, 0.3) is 0 Å². The lowest BCUT2D eigenvalue weighted by atomic mass is 10.1. The van der Waals surface area contributed by atoms with Gasteiger partial charge in [-0.3, -0.25) is 9.10 Å². The summed E-state index contributed by atoms with van der Waals surface area (Å²) in [5.41, 5.74) is 0.831. The molecule has 1 amide bonds. The van der Waals surface area contributed by atoms with E-state index in [0.717, 1.165) is 4.31 Å². The molecule has 0 aliphatic rings. The maximum atomic E-state index is 12.8. The zero-order valence-electron chi connectivity index (χ0n) is 15.4. The van der Waals surface area contributed by atoms with Gasteiger partial charge in [-0.1, -0.05) is 19.9 Å². The predicted octanol–water partition coefficient (Wildman–Crippen LogP) is 2.91. The third-order valence-electron chi connectivity index (χ3n) is 3.86. The molecule has 0 aliphatic heterocycles. The summed E-state index contributed by atoms with van der Waals surface area (Å²) in [6.45, 7) is 4.57. The Labute approximate surface area is 154 Å². The average molecular weight is 376 g/mol. The summed E-state index contributed by atoms with van der Waals surface area (Å²) in [6, 6.07) is 12.7. The number of nitrogens with one attached hydrogen (secondary N) is 1. The molecular weight excluding hydrogens is 352 g/mol. The Morgan fingerprint density at radius 3 is 2.38 bits per heavy atom. The van der Waals surface area contributed by atoms with Crippen molar-refractivity contribution in [3.05, 3.63) is 54.1 Å². The summed E-state index contributed by atoms with van der Waals surface area (Å²) >= 11 is 0. The molecule has 6 nitrogen and oxygen atoms in total. The molecule has 0 saturated carbocycles. The van der Waals surface area contributed by atoms with Crippen LogP contribution in [0.3, 0.4) is 0 Å². The van der Waals surface area contributed by atoms with Gasteiger partial charge in [0.1, 0.15) is 5.75 Å². The fourth-order valence-electron chi connectivity index (χ4n) is 2.29. The van der Waals surface area contributed by atoms with Crippen molar-refractivity contribution in [1.29, 1.82) is 0 Å². The van der Waals surface area contributed by atoms with Crippen LogP contribution >= 0.6 is 0 Å². The Morgan fingerprint density at radius 2 is 1.81 bits per heavy atom. The number of anilines is 1. The van der Waals surface area contributed by atoms with Gasteiger partial charge in [-0.05, 0) is 48.4 Å². The van der Waals surface area contributed by atoms with E-state index in [1.54, 1.807) is 36.4 Å². The van der Waals surface area contributed by atoms with E-state index in [1.165, 1.54) is 26.3 Å². The molecule has 0 heterocycles. The lowest BCUT2D eigenvalue weighted by molar-refractivity contribution is 0.0949. The molecule has 26 heavy (non-hydrogen) atoms. The van der Waals surface area contributed by atoms with E-state index in [-0.39, 0.29) is 10.8 Å². The number of benzene rings is 2. The van der Waals surface area contributed by atoms with Gasteiger partial charge in [-0.25, -0.2) is 8.42 Å². The number of ether oxygens (including phenoxy) is 1. The molecule has 140 valence electrons. The van der Waals surface area contributed by atoms with Gasteiger partial charge in [0.25, 0.3) is 15.9 Å². The topological polar surface area (TPSA) is 75.7 Å². The second-order valence-corrected chi connectivity index (χ2v) is 8.27. The standard InChI is InChI=1S/C19H24N2O4S/c1-14(2)13-20-19(22)15-6-5-7-16(12-15)21(3)26(23,24)18-10-8-17(25-4)9-11-18/h5-12,14H,13H2,1-4H3,(H,20,22). The lowest BCUT2D eigenvalue weighted by Gasteiger charge is -2.20. The summed E-state index contributed by atoms with van der Waals surface area (Å²) in [4.78, 5) is 12.4. The SMILES string of the molecule is COc1ccc(S(=O)(=O)N(C)c2cccc(C(=O)NCC(C)C)c2)cc1. The van der Waals surface area contributed by atoms with Crippen LogP contribution < -0.4 is 14.4 Å². The molecule has 0 fully saturated rings. The molecule has 0 saturated heterocycles. The third-order valence-corrected chi connectivity index (χ3v) is 5.66. The maximum Gasteiger partial charge on any atom is 0.264 e. The zero-order valence-corrected chi connectivity index (χ0v) is 16.2. The number of carbonyl (C=O) groups excluding carboxylic acids is 1. The summed E-state index contributed by atoms with van der Waals surface area (Å²) in [6.07, 6.45) is 0. The maximum absolute atomic E-state index is 12.8. The summed E-state index contributed by atoms with van der Waals surface area (Å²) < 4.78 is 31.8. The van der Waals surface area contributed by atoms with Crippen molar-refractivity contribution < 1.29 is 17.9 Å². The van der Waals surface area contributed by atoms with E-state index in [0.29, 0.717) is 29.5 Å². The van der Waals surface area contributed by atoms with Crippen molar-refractivity contribution in [1.82, 2.24) is 5.32 Å². The Hall–Kier alpha value is -2.54. The lowest BCUT2D eigenvalue weighted by Crippen LogP contribution is -2.29. The first-order chi connectivity index (χ1) is 12.3. The number of hydrogen-bond donors (Lipinski definition) is 1. The van der Waals surface area contributed by atoms with Crippen LogP contribution in [0.15, 0.2) is 53.4 Å². The first-order valence-electron chi connectivity index (χ1n) is 8.27. The molecule has 7 heteroatoms. The molecule has 0 atom stereocenters. The molecule has 0 unspecified atom stereocenters. The second-order valence-electron chi connectivity index (χ2n) is 6.30. The van der Waals surface area contributed by atoms with Gasteiger partial charge in [0.05, 0.1) is 17.7 Å². The predicted molar refractivity (Wildman–Crippen MR) is 102 cm³/mol. The Bertz CT molecular complexity index is 861. The van der Waals surface area contributed by atoms with Crippen LogP contribution in [-0.2, 0) is 10.0 Å². The molecular formula is C19H24N2O4S. The minimum atomic E-state index is -3.74. The molecule has 0 aliphatic carbocycles. The van der Waals surface area contributed by atoms with E-state index in [2.05, 4.69) is 5.32 Å². The first kappa shape index (κ1) is 19.8. The number of hydrogen-bond acceptors (Lipinski definition) is 4. The van der Waals surface area contributed by atoms with E-state index in [9.17, 15) is 13.2 Å². The highest BCUT2D eigenvalue weighted by molar-refractivity contribution is 7.92. The van der Waals surface area contributed by atoms with Crippen LogP contribution in [0.4, 0.5) is 5.69 Å². The molecule has 2 aromatic carbocycles. The summed E-state index contributed by atoms with van der Waals surface area (Å²) in [5, 5.41) is 2.83. The Kier molecular flexibility index (Phi) is 6.26. The monoisotopic (exact) mass is 376 g/mol. The van der Waals surface area contributed by atoms with Crippen LogP contribution in [0.2, 0.25) is 0 Å².